The van der Waals surface area contributed by atoms with E-state index in [0.717, 1.165) is 19.3 Å². The fourth-order valence-electron chi connectivity index (χ4n) is 3.17. The zero-order valence-electron chi connectivity index (χ0n) is 15.2. The van der Waals surface area contributed by atoms with Crippen molar-refractivity contribution in [2.45, 2.75) is 91.0 Å². The molecule has 0 heterocycles. The molecule has 4 heteroatoms. The number of hydrogen-bond donors (Lipinski definition) is 1. The Morgan fingerprint density at radius 1 is 1.13 bits per heavy atom. The van der Waals surface area contributed by atoms with Gasteiger partial charge in [0.25, 0.3) is 0 Å². The number of rotatable bonds is 11. The standard InChI is InChI=1S/C19H35NO3/c1-4-5-6-9-14-23-19(22)18(15(2)3)20-17(21)13-12-16-10-7-8-11-16/h15-16,18H,4-14H2,1-3H3,(H,20,21). The molecule has 1 aliphatic rings. The van der Waals surface area contributed by atoms with Crippen LogP contribution in [0.25, 0.3) is 0 Å². The molecule has 0 spiro atoms. The topological polar surface area (TPSA) is 55.4 Å². The Kier molecular flexibility index (Phi) is 9.97. The van der Waals surface area contributed by atoms with E-state index in [1.54, 1.807) is 0 Å². The monoisotopic (exact) mass is 325 g/mol. The summed E-state index contributed by atoms with van der Waals surface area (Å²) in [5, 5.41) is 2.88. The number of unbranched alkanes of at least 4 members (excludes halogenated alkanes) is 3. The molecule has 134 valence electrons. The highest BCUT2D eigenvalue weighted by molar-refractivity contribution is 5.84. The summed E-state index contributed by atoms with van der Waals surface area (Å²) in [4.78, 5) is 24.3. The molecule has 0 aromatic heterocycles. The Morgan fingerprint density at radius 3 is 2.43 bits per heavy atom. The number of amides is 1. The van der Waals surface area contributed by atoms with Crippen LogP contribution in [0.4, 0.5) is 0 Å². The van der Waals surface area contributed by atoms with E-state index in [9.17, 15) is 9.59 Å². The van der Waals surface area contributed by atoms with Crippen LogP contribution in [0.15, 0.2) is 0 Å². The molecule has 1 aliphatic carbocycles. The Hall–Kier alpha value is -1.06. The minimum absolute atomic E-state index is 0.0152. The third-order valence-electron chi connectivity index (χ3n) is 4.73. The molecular formula is C19H35NO3. The van der Waals surface area contributed by atoms with E-state index >= 15 is 0 Å². The molecule has 23 heavy (non-hydrogen) atoms. The van der Waals surface area contributed by atoms with Crippen molar-refractivity contribution in [2.75, 3.05) is 6.61 Å². The summed E-state index contributed by atoms with van der Waals surface area (Å²) < 4.78 is 5.34. The van der Waals surface area contributed by atoms with Crippen LogP contribution in [-0.2, 0) is 14.3 Å². The molecule has 0 radical (unpaired) electrons. The summed E-state index contributed by atoms with van der Waals surface area (Å²) in [5.74, 6) is 0.446. The van der Waals surface area contributed by atoms with E-state index in [1.165, 1.54) is 38.5 Å². The molecule has 1 unspecified atom stereocenters. The third kappa shape index (κ3) is 8.38. The SMILES string of the molecule is CCCCCCOC(=O)C(NC(=O)CCC1CCCC1)C(C)C. The Labute approximate surface area is 141 Å². The van der Waals surface area contributed by atoms with Gasteiger partial charge in [-0.05, 0) is 24.7 Å². The van der Waals surface area contributed by atoms with Gasteiger partial charge in [0.1, 0.15) is 6.04 Å². The molecule has 0 aromatic carbocycles. The molecule has 1 amide bonds. The van der Waals surface area contributed by atoms with Crippen molar-refractivity contribution in [1.29, 1.82) is 0 Å². The van der Waals surface area contributed by atoms with Crippen molar-refractivity contribution in [3.05, 3.63) is 0 Å². The van der Waals surface area contributed by atoms with Crippen molar-refractivity contribution in [3.8, 4) is 0 Å². The highest BCUT2D eigenvalue weighted by atomic mass is 16.5. The summed E-state index contributed by atoms with van der Waals surface area (Å²) in [5.41, 5.74) is 0. The molecule has 1 rings (SSSR count). The van der Waals surface area contributed by atoms with Gasteiger partial charge >= 0.3 is 5.97 Å². The number of carbonyl (C=O) groups excluding carboxylic acids is 2. The fourth-order valence-corrected chi connectivity index (χ4v) is 3.17. The van der Waals surface area contributed by atoms with Crippen LogP contribution in [0.2, 0.25) is 0 Å². The number of esters is 1. The summed E-state index contributed by atoms with van der Waals surface area (Å²) in [6.45, 7) is 6.50. The lowest BCUT2D eigenvalue weighted by atomic mass is 10.0. The molecule has 4 nitrogen and oxygen atoms in total. The molecule has 0 saturated heterocycles. The first kappa shape index (κ1) is 20.0. The molecule has 0 bridgehead atoms. The van der Waals surface area contributed by atoms with Crippen molar-refractivity contribution in [2.24, 2.45) is 11.8 Å². The zero-order valence-corrected chi connectivity index (χ0v) is 15.2. The van der Waals surface area contributed by atoms with Gasteiger partial charge < -0.3 is 10.1 Å². The molecule has 0 aliphatic heterocycles. The first-order chi connectivity index (χ1) is 11.0. The Balaban J connectivity index is 2.28. The first-order valence-corrected chi connectivity index (χ1v) is 9.50. The van der Waals surface area contributed by atoms with Gasteiger partial charge in [-0.15, -0.1) is 0 Å². The molecule has 1 atom stereocenters. The average Bonchev–Trinajstić information content (AvgIpc) is 3.03. The quantitative estimate of drug-likeness (QED) is 0.457. The van der Waals surface area contributed by atoms with Gasteiger partial charge in [-0.2, -0.15) is 0 Å². The van der Waals surface area contributed by atoms with Crippen LogP contribution in [0.3, 0.4) is 0 Å². The average molecular weight is 325 g/mol. The summed E-state index contributed by atoms with van der Waals surface area (Å²) >= 11 is 0. The number of hydrogen-bond acceptors (Lipinski definition) is 3. The Bertz CT molecular complexity index is 349. The van der Waals surface area contributed by atoms with Crippen LogP contribution in [-0.4, -0.2) is 24.5 Å². The minimum atomic E-state index is -0.516. The highest BCUT2D eigenvalue weighted by Gasteiger charge is 2.26. The van der Waals surface area contributed by atoms with Gasteiger partial charge in [-0.25, -0.2) is 4.79 Å². The van der Waals surface area contributed by atoms with Crippen LogP contribution in [0.5, 0.6) is 0 Å². The summed E-state index contributed by atoms with van der Waals surface area (Å²) in [7, 11) is 0. The molecule has 0 aromatic rings. The van der Waals surface area contributed by atoms with E-state index in [0.29, 0.717) is 18.9 Å². The second-order valence-corrected chi connectivity index (χ2v) is 7.21. The van der Waals surface area contributed by atoms with Gasteiger partial charge in [-0.3, -0.25) is 4.79 Å². The van der Waals surface area contributed by atoms with Crippen molar-refractivity contribution < 1.29 is 14.3 Å². The van der Waals surface area contributed by atoms with E-state index in [2.05, 4.69) is 12.2 Å². The molecule has 1 N–H and O–H groups in total. The van der Waals surface area contributed by atoms with E-state index in [-0.39, 0.29) is 17.8 Å². The highest BCUT2D eigenvalue weighted by Crippen LogP contribution is 2.28. The molecule has 1 saturated carbocycles. The second kappa shape index (κ2) is 11.5. The Morgan fingerprint density at radius 2 is 1.83 bits per heavy atom. The predicted octanol–water partition coefficient (Wildman–Crippen LogP) is 4.22. The van der Waals surface area contributed by atoms with Crippen LogP contribution >= 0.6 is 0 Å². The largest absolute Gasteiger partial charge is 0.464 e. The maximum atomic E-state index is 12.2. The minimum Gasteiger partial charge on any atom is -0.464 e. The normalized spacial score (nSPS) is 16.5. The van der Waals surface area contributed by atoms with Gasteiger partial charge in [0.05, 0.1) is 6.61 Å². The van der Waals surface area contributed by atoms with Gasteiger partial charge in [-0.1, -0.05) is 65.7 Å². The number of carbonyl (C=O) groups is 2. The predicted molar refractivity (Wildman–Crippen MR) is 93.1 cm³/mol. The third-order valence-corrected chi connectivity index (χ3v) is 4.73. The van der Waals surface area contributed by atoms with Crippen molar-refractivity contribution >= 4 is 11.9 Å². The van der Waals surface area contributed by atoms with E-state index in [4.69, 9.17) is 4.74 Å². The first-order valence-electron chi connectivity index (χ1n) is 9.50. The van der Waals surface area contributed by atoms with Crippen LogP contribution < -0.4 is 5.32 Å². The van der Waals surface area contributed by atoms with Gasteiger partial charge in [0.2, 0.25) is 5.91 Å². The summed E-state index contributed by atoms with van der Waals surface area (Å²) in [6.07, 6.45) is 10.9. The van der Waals surface area contributed by atoms with Gasteiger partial charge in [0, 0.05) is 6.42 Å². The van der Waals surface area contributed by atoms with Crippen molar-refractivity contribution in [3.63, 3.8) is 0 Å². The lowest BCUT2D eigenvalue weighted by molar-refractivity contribution is -0.149. The van der Waals surface area contributed by atoms with E-state index in [1.807, 2.05) is 13.8 Å². The maximum absolute atomic E-state index is 12.2. The smallest absolute Gasteiger partial charge is 0.328 e. The lowest BCUT2D eigenvalue weighted by Gasteiger charge is -2.21. The summed E-state index contributed by atoms with van der Waals surface area (Å²) in [6, 6.07) is -0.516. The fraction of sp³-hybridized carbons (Fsp3) is 0.895. The lowest BCUT2D eigenvalue weighted by Crippen LogP contribution is -2.45. The number of ether oxygens (including phenoxy) is 1. The van der Waals surface area contributed by atoms with E-state index < -0.39 is 6.04 Å². The van der Waals surface area contributed by atoms with Crippen LogP contribution in [0, 0.1) is 11.8 Å². The van der Waals surface area contributed by atoms with Crippen molar-refractivity contribution in [1.82, 2.24) is 5.32 Å². The maximum Gasteiger partial charge on any atom is 0.328 e. The molecule has 1 fully saturated rings. The molecular weight excluding hydrogens is 290 g/mol. The zero-order chi connectivity index (χ0) is 17.1. The van der Waals surface area contributed by atoms with Crippen LogP contribution in [0.1, 0.15) is 85.0 Å². The number of nitrogens with one attached hydrogen (secondary N) is 1. The van der Waals surface area contributed by atoms with Gasteiger partial charge in [0.15, 0.2) is 0 Å². The second-order valence-electron chi connectivity index (χ2n) is 7.21.